The van der Waals surface area contributed by atoms with Gasteiger partial charge in [-0.25, -0.2) is 8.42 Å². The van der Waals surface area contributed by atoms with Crippen molar-refractivity contribution in [2.75, 3.05) is 4.72 Å². The van der Waals surface area contributed by atoms with E-state index in [9.17, 15) is 13.5 Å². The fourth-order valence-corrected chi connectivity index (χ4v) is 3.24. The summed E-state index contributed by atoms with van der Waals surface area (Å²) in [5.41, 5.74) is 3.57. The topological polar surface area (TPSA) is 66.4 Å². The monoisotopic (exact) mass is 305 g/mol. The fraction of sp³-hybridized carbons (Fsp3) is 0.250. The van der Waals surface area contributed by atoms with Crippen LogP contribution in [0.2, 0.25) is 0 Å². The van der Waals surface area contributed by atoms with Gasteiger partial charge in [-0.2, -0.15) is 0 Å². The quantitative estimate of drug-likeness (QED) is 0.913. The minimum atomic E-state index is -3.67. The second-order valence-corrected chi connectivity index (χ2v) is 6.94. The lowest BCUT2D eigenvalue weighted by Gasteiger charge is -2.13. The summed E-state index contributed by atoms with van der Waals surface area (Å²) in [5.74, 6) is 0.107. The average molecular weight is 305 g/mol. The molecule has 2 N–H and O–H groups in total. The molecule has 5 heteroatoms. The number of anilines is 1. The number of sulfonamides is 1. The molecule has 0 aliphatic heterocycles. The number of phenols is 1. The third-order valence-corrected chi connectivity index (χ3v) is 5.03. The lowest BCUT2D eigenvalue weighted by Crippen LogP contribution is -2.14. The van der Waals surface area contributed by atoms with Crippen LogP contribution in [0.15, 0.2) is 35.2 Å². The summed E-state index contributed by atoms with van der Waals surface area (Å²) in [6.45, 7) is 7.25. The second kappa shape index (κ2) is 5.41. The molecular weight excluding hydrogens is 286 g/mol. The molecule has 4 nitrogen and oxygen atoms in total. The van der Waals surface area contributed by atoms with Gasteiger partial charge in [-0.05, 0) is 62.6 Å². The van der Waals surface area contributed by atoms with Crippen LogP contribution < -0.4 is 4.72 Å². The molecule has 2 aromatic rings. The largest absolute Gasteiger partial charge is 0.507 e. The van der Waals surface area contributed by atoms with Crippen molar-refractivity contribution in [3.63, 3.8) is 0 Å². The second-order valence-electron chi connectivity index (χ2n) is 5.26. The van der Waals surface area contributed by atoms with E-state index in [0.29, 0.717) is 16.8 Å². The normalized spacial score (nSPS) is 11.4. The summed E-state index contributed by atoms with van der Waals surface area (Å²) in [5, 5.41) is 9.90. The summed E-state index contributed by atoms with van der Waals surface area (Å²) < 4.78 is 27.4. The average Bonchev–Trinajstić information content (AvgIpc) is 2.42. The number of aromatic hydroxyl groups is 1. The molecule has 21 heavy (non-hydrogen) atoms. The lowest BCUT2D eigenvalue weighted by atomic mass is 10.1. The van der Waals surface area contributed by atoms with Crippen LogP contribution in [0.4, 0.5) is 5.69 Å². The Morgan fingerprint density at radius 2 is 1.52 bits per heavy atom. The Balaban J connectivity index is 2.42. The first-order valence-electron chi connectivity index (χ1n) is 6.61. The van der Waals surface area contributed by atoms with Gasteiger partial charge in [0.15, 0.2) is 0 Å². The highest BCUT2D eigenvalue weighted by Crippen LogP contribution is 2.29. The minimum absolute atomic E-state index is 0.107. The highest BCUT2D eigenvalue weighted by atomic mass is 32.2. The van der Waals surface area contributed by atoms with Crippen molar-refractivity contribution >= 4 is 15.7 Å². The Hall–Kier alpha value is -2.01. The van der Waals surface area contributed by atoms with Gasteiger partial charge in [0.25, 0.3) is 10.0 Å². The Morgan fingerprint density at radius 3 is 2.14 bits per heavy atom. The highest BCUT2D eigenvalue weighted by molar-refractivity contribution is 7.92. The van der Waals surface area contributed by atoms with Gasteiger partial charge in [0.2, 0.25) is 0 Å². The van der Waals surface area contributed by atoms with Crippen molar-refractivity contribution in [2.45, 2.75) is 32.6 Å². The minimum Gasteiger partial charge on any atom is -0.507 e. The molecule has 2 rings (SSSR count). The van der Waals surface area contributed by atoms with E-state index in [0.717, 1.165) is 11.1 Å². The molecule has 0 aliphatic rings. The summed E-state index contributed by atoms with van der Waals surface area (Å²) >= 11 is 0. The first kappa shape index (κ1) is 15.4. The first-order valence-corrected chi connectivity index (χ1v) is 8.10. The van der Waals surface area contributed by atoms with Crippen molar-refractivity contribution in [2.24, 2.45) is 0 Å². The number of aryl methyl sites for hydroxylation is 3. The van der Waals surface area contributed by atoms with E-state index in [1.54, 1.807) is 44.2 Å². The van der Waals surface area contributed by atoms with E-state index in [2.05, 4.69) is 4.72 Å². The predicted octanol–water partition coefficient (Wildman–Crippen LogP) is 3.43. The molecule has 0 spiro atoms. The first-order chi connectivity index (χ1) is 9.72. The Kier molecular flexibility index (Phi) is 3.96. The van der Waals surface area contributed by atoms with Crippen molar-refractivity contribution in [3.05, 3.63) is 52.6 Å². The standard InChI is InChI=1S/C16H19NO3S/c1-10-5-7-14(9-12(10)3)21(19,20)17-15-8-6-11(2)16(18)13(15)4/h5-9,17-18H,1-4H3. The van der Waals surface area contributed by atoms with Crippen molar-refractivity contribution in [1.82, 2.24) is 0 Å². The molecule has 0 atom stereocenters. The molecule has 112 valence electrons. The van der Waals surface area contributed by atoms with E-state index in [-0.39, 0.29) is 10.6 Å². The number of phenolic OH excluding ortho intramolecular Hbond substituents is 1. The Labute approximate surface area is 125 Å². The van der Waals surface area contributed by atoms with Crippen LogP contribution in [-0.4, -0.2) is 13.5 Å². The molecule has 0 fully saturated rings. The maximum Gasteiger partial charge on any atom is 0.261 e. The van der Waals surface area contributed by atoms with E-state index in [1.807, 2.05) is 13.8 Å². The molecule has 0 aliphatic carbocycles. The maximum atomic E-state index is 12.4. The maximum absolute atomic E-state index is 12.4. The predicted molar refractivity (Wildman–Crippen MR) is 84.3 cm³/mol. The van der Waals surface area contributed by atoms with Crippen molar-refractivity contribution in [1.29, 1.82) is 0 Å². The SMILES string of the molecule is Cc1ccc(S(=O)(=O)Nc2ccc(C)c(O)c2C)cc1C. The zero-order valence-corrected chi connectivity index (χ0v) is 13.4. The van der Waals surface area contributed by atoms with Gasteiger partial charge in [0.1, 0.15) is 5.75 Å². The number of benzene rings is 2. The van der Waals surface area contributed by atoms with Gasteiger partial charge in [-0.15, -0.1) is 0 Å². The van der Waals surface area contributed by atoms with Gasteiger partial charge < -0.3 is 5.11 Å². The molecular formula is C16H19NO3S. The lowest BCUT2D eigenvalue weighted by molar-refractivity contribution is 0.467. The number of nitrogens with one attached hydrogen (secondary N) is 1. The third-order valence-electron chi connectivity index (χ3n) is 3.67. The van der Waals surface area contributed by atoms with Crippen LogP contribution in [0.5, 0.6) is 5.75 Å². The number of hydrogen-bond donors (Lipinski definition) is 2. The summed E-state index contributed by atoms with van der Waals surface area (Å²) in [7, 11) is -3.67. The molecule has 0 aromatic heterocycles. The Morgan fingerprint density at radius 1 is 0.905 bits per heavy atom. The summed E-state index contributed by atoms with van der Waals surface area (Å²) in [6.07, 6.45) is 0. The zero-order chi connectivity index (χ0) is 15.8. The number of rotatable bonds is 3. The van der Waals surface area contributed by atoms with Crippen LogP contribution in [0.1, 0.15) is 22.3 Å². The van der Waals surface area contributed by atoms with Crippen LogP contribution in [-0.2, 0) is 10.0 Å². The molecule has 0 bridgehead atoms. The van der Waals surface area contributed by atoms with Gasteiger partial charge in [-0.1, -0.05) is 12.1 Å². The van der Waals surface area contributed by atoms with Crippen molar-refractivity contribution < 1.29 is 13.5 Å². The molecule has 0 saturated carbocycles. The van der Waals surface area contributed by atoms with Crippen LogP contribution in [0.25, 0.3) is 0 Å². The van der Waals surface area contributed by atoms with Crippen molar-refractivity contribution in [3.8, 4) is 5.75 Å². The molecule has 0 amide bonds. The molecule has 0 heterocycles. The van der Waals surface area contributed by atoms with E-state index < -0.39 is 10.0 Å². The van der Waals surface area contributed by atoms with Gasteiger partial charge >= 0.3 is 0 Å². The van der Waals surface area contributed by atoms with Gasteiger partial charge in [-0.3, -0.25) is 4.72 Å². The van der Waals surface area contributed by atoms with E-state index >= 15 is 0 Å². The fourth-order valence-electron chi connectivity index (χ4n) is 2.03. The molecule has 0 saturated heterocycles. The zero-order valence-electron chi connectivity index (χ0n) is 12.6. The smallest absolute Gasteiger partial charge is 0.261 e. The summed E-state index contributed by atoms with van der Waals surface area (Å²) in [6, 6.07) is 8.34. The molecule has 0 radical (unpaired) electrons. The van der Waals surface area contributed by atoms with Crippen LogP contribution in [0.3, 0.4) is 0 Å². The highest BCUT2D eigenvalue weighted by Gasteiger charge is 2.17. The van der Waals surface area contributed by atoms with Gasteiger partial charge in [0.05, 0.1) is 10.6 Å². The van der Waals surface area contributed by atoms with Crippen LogP contribution >= 0.6 is 0 Å². The Bertz CT molecular complexity index is 795. The number of hydrogen-bond acceptors (Lipinski definition) is 3. The van der Waals surface area contributed by atoms with E-state index in [4.69, 9.17) is 0 Å². The third kappa shape index (κ3) is 3.03. The molecule has 2 aromatic carbocycles. The van der Waals surface area contributed by atoms with E-state index in [1.165, 1.54) is 0 Å². The van der Waals surface area contributed by atoms with Gasteiger partial charge in [0, 0.05) is 5.56 Å². The molecule has 0 unspecified atom stereocenters. The summed E-state index contributed by atoms with van der Waals surface area (Å²) in [4.78, 5) is 0.213. The van der Waals surface area contributed by atoms with Crippen LogP contribution in [0, 0.1) is 27.7 Å².